The van der Waals surface area contributed by atoms with Gasteiger partial charge >= 0.3 is 0 Å². The zero-order chi connectivity index (χ0) is 13.1. The number of nitrogens with one attached hydrogen (secondary N) is 3. The van der Waals surface area contributed by atoms with Crippen molar-refractivity contribution >= 4 is 11.8 Å². The fourth-order valence-electron chi connectivity index (χ4n) is 1.24. The fraction of sp³-hybridized carbons (Fsp3) is 0.600. The minimum Gasteiger partial charge on any atom is -0.359 e. The van der Waals surface area contributed by atoms with Crippen molar-refractivity contribution in [1.29, 1.82) is 0 Å². The van der Waals surface area contributed by atoms with Crippen molar-refractivity contribution in [2.75, 3.05) is 13.6 Å². The van der Waals surface area contributed by atoms with Crippen molar-refractivity contribution in [3.8, 4) is 0 Å². The first-order valence-electron chi connectivity index (χ1n) is 5.26. The van der Waals surface area contributed by atoms with Crippen LogP contribution < -0.4 is 10.6 Å². The quantitative estimate of drug-likeness (QED) is 0.666. The maximum atomic E-state index is 11.6. The molecule has 0 atom stereocenters. The number of hydrogen-bond acceptors (Lipinski definition) is 4. The Morgan fingerprint density at radius 1 is 1.41 bits per heavy atom. The van der Waals surface area contributed by atoms with Gasteiger partial charge in [0.05, 0.1) is 5.41 Å². The van der Waals surface area contributed by atoms with Crippen LogP contribution in [-0.2, 0) is 4.79 Å². The predicted octanol–water partition coefficient (Wildman–Crippen LogP) is -0.385. The smallest absolute Gasteiger partial charge is 0.290 e. The monoisotopic (exact) mass is 239 g/mol. The molecule has 1 heterocycles. The van der Waals surface area contributed by atoms with Crippen LogP contribution in [0.5, 0.6) is 0 Å². The fourth-order valence-corrected chi connectivity index (χ4v) is 1.24. The lowest BCUT2D eigenvalue weighted by atomic mass is 9.92. The van der Waals surface area contributed by atoms with Crippen LogP contribution >= 0.6 is 0 Å². The summed E-state index contributed by atoms with van der Waals surface area (Å²) in [7, 11) is 1.56. The molecule has 17 heavy (non-hydrogen) atoms. The number of H-pyrrole nitrogens is 1. The topological polar surface area (TPSA) is 99.8 Å². The number of amides is 2. The van der Waals surface area contributed by atoms with Crippen LogP contribution in [0.3, 0.4) is 0 Å². The molecule has 0 aliphatic heterocycles. The second-order valence-electron chi connectivity index (χ2n) is 4.39. The summed E-state index contributed by atoms with van der Waals surface area (Å²) >= 11 is 0. The molecule has 0 aliphatic rings. The van der Waals surface area contributed by atoms with Crippen LogP contribution in [0.4, 0.5) is 0 Å². The third-order valence-electron chi connectivity index (χ3n) is 2.33. The van der Waals surface area contributed by atoms with E-state index in [0.717, 1.165) is 0 Å². The van der Waals surface area contributed by atoms with Gasteiger partial charge in [-0.25, -0.2) is 4.98 Å². The van der Waals surface area contributed by atoms with E-state index in [2.05, 4.69) is 25.8 Å². The van der Waals surface area contributed by atoms with Gasteiger partial charge in [0.2, 0.25) is 11.7 Å². The van der Waals surface area contributed by atoms with Gasteiger partial charge in [-0.3, -0.25) is 14.7 Å². The molecule has 3 N–H and O–H groups in total. The number of aryl methyl sites for hydroxylation is 1. The van der Waals surface area contributed by atoms with Gasteiger partial charge in [0.15, 0.2) is 0 Å². The maximum Gasteiger partial charge on any atom is 0.290 e. The molecule has 94 valence electrons. The number of aromatic nitrogens is 3. The Labute approximate surface area is 99.4 Å². The highest BCUT2D eigenvalue weighted by atomic mass is 16.2. The normalized spacial score (nSPS) is 11.1. The Hall–Kier alpha value is -1.92. The molecule has 7 heteroatoms. The van der Waals surface area contributed by atoms with Crippen molar-refractivity contribution in [3.05, 3.63) is 11.6 Å². The van der Waals surface area contributed by atoms with Gasteiger partial charge in [-0.2, -0.15) is 0 Å². The molecule has 0 unspecified atom stereocenters. The van der Waals surface area contributed by atoms with Gasteiger partial charge in [-0.05, 0) is 20.8 Å². The van der Waals surface area contributed by atoms with Gasteiger partial charge in [0, 0.05) is 13.6 Å². The highest BCUT2D eigenvalue weighted by Gasteiger charge is 2.27. The number of nitrogens with zero attached hydrogens (tertiary/aromatic N) is 2. The molecule has 0 bridgehead atoms. The SMILES string of the molecule is CNC(=O)C(C)(C)CNC(=O)c1n[nH]c(C)n1. The average Bonchev–Trinajstić information content (AvgIpc) is 2.71. The van der Waals surface area contributed by atoms with E-state index < -0.39 is 11.3 Å². The Balaban J connectivity index is 2.57. The first kappa shape index (κ1) is 13.1. The van der Waals surface area contributed by atoms with Crippen molar-refractivity contribution in [1.82, 2.24) is 25.8 Å². The van der Waals surface area contributed by atoms with Crippen LogP contribution in [-0.4, -0.2) is 40.6 Å². The van der Waals surface area contributed by atoms with Gasteiger partial charge < -0.3 is 10.6 Å². The van der Waals surface area contributed by atoms with Crippen LogP contribution in [0.25, 0.3) is 0 Å². The summed E-state index contributed by atoms with van der Waals surface area (Å²) in [6.07, 6.45) is 0. The van der Waals surface area contributed by atoms with E-state index in [1.165, 1.54) is 0 Å². The van der Waals surface area contributed by atoms with Gasteiger partial charge in [-0.1, -0.05) is 0 Å². The molecule has 1 aromatic heterocycles. The summed E-state index contributed by atoms with van der Waals surface area (Å²) in [5.41, 5.74) is -0.671. The van der Waals surface area contributed by atoms with Crippen molar-refractivity contribution < 1.29 is 9.59 Å². The molecule has 1 rings (SSSR count). The van der Waals surface area contributed by atoms with Gasteiger partial charge in [-0.15, -0.1) is 5.10 Å². The Bertz CT molecular complexity index is 424. The molecule has 0 saturated carbocycles. The summed E-state index contributed by atoms with van der Waals surface area (Å²) < 4.78 is 0. The average molecular weight is 239 g/mol. The minimum atomic E-state index is -0.671. The highest BCUT2D eigenvalue weighted by Crippen LogP contribution is 2.13. The molecular weight excluding hydrogens is 222 g/mol. The number of aromatic amines is 1. The van der Waals surface area contributed by atoms with E-state index in [0.29, 0.717) is 5.82 Å². The minimum absolute atomic E-state index is 0.0789. The molecule has 0 radical (unpaired) electrons. The van der Waals surface area contributed by atoms with E-state index >= 15 is 0 Å². The van der Waals surface area contributed by atoms with Crippen LogP contribution in [0, 0.1) is 12.3 Å². The Morgan fingerprint density at radius 3 is 2.53 bits per heavy atom. The summed E-state index contributed by atoms with van der Waals surface area (Å²) in [6.45, 7) is 5.42. The van der Waals surface area contributed by atoms with Crippen LogP contribution in [0.1, 0.15) is 30.3 Å². The van der Waals surface area contributed by atoms with E-state index in [1.54, 1.807) is 27.8 Å². The number of hydrogen-bond donors (Lipinski definition) is 3. The molecule has 0 spiro atoms. The Morgan fingerprint density at radius 2 is 2.06 bits per heavy atom. The number of carbonyl (C=O) groups is 2. The summed E-state index contributed by atoms with van der Waals surface area (Å²) in [6, 6.07) is 0. The summed E-state index contributed by atoms with van der Waals surface area (Å²) in [5, 5.41) is 11.5. The van der Waals surface area contributed by atoms with Crippen molar-refractivity contribution in [2.24, 2.45) is 5.41 Å². The molecule has 0 saturated heterocycles. The lowest BCUT2D eigenvalue weighted by molar-refractivity contribution is -0.128. The molecule has 1 aromatic rings. The second kappa shape index (κ2) is 4.94. The third kappa shape index (κ3) is 3.27. The molecule has 0 fully saturated rings. The lowest BCUT2D eigenvalue weighted by Gasteiger charge is -2.22. The van der Waals surface area contributed by atoms with E-state index in [-0.39, 0.29) is 18.3 Å². The maximum absolute atomic E-state index is 11.6. The Kier molecular flexibility index (Phi) is 3.82. The molecule has 7 nitrogen and oxygen atoms in total. The summed E-state index contributed by atoms with van der Waals surface area (Å²) in [4.78, 5) is 27.0. The van der Waals surface area contributed by atoms with Gasteiger partial charge in [0.1, 0.15) is 5.82 Å². The first-order valence-corrected chi connectivity index (χ1v) is 5.26. The van der Waals surface area contributed by atoms with Crippen LogP contribution in [0.15, 0.2) is 0 Å². The van der Waals surface area contributed by atoms with E-state index in [9.17, 15) is 9.59 Å². The highest BCUT2D eigenvalue weighted by molar-refractivity contribution is 5.91. The molecule has 2 amide bonds. The zero-order valence-corrected chi connectivity index (χ0v) is 10.4. The van der Waals surface area contributed by atoms with Crippen LogP contribution in [0.2, 0.25) is 0 Å². The molecular formula is C10H17N5O2. The molecule has 0 aliphatic carbocycles. The van der Waals surface area contributed by atoms with Crippen molar-refractivity contribution in [2.45, 2.75) is 20.8 Å². The van der Waals surface area contributed by atoms with E-state index in [4.69, 9.17) is 0 Å². The predicted molar refractivity (Wildman–Crippen MR) is 61.3 cm³/mol. The number of carbonyl (C=O) groups excluding carboxylic acids is 2. The lowest BCUT2D eigenvalue weighted by Crippen LogP contribution is -2.43. The first-order chi connectivity index (χ1) is 7.86. The standard InChI is InChI=1S/C10H17N5O2/c1-6-13-7(15-14-6)8(16)12-5-10(2,3)9(17)11-4/h5H2,1-4H3,(H,11,17)(H,12,16)(H,13,14,15). The zero-order valence-electron chi connectivity index (χ0n) is 10.4. The van der Waals surface area contributed by atoms with Crippen molar-refractivity contribution in [3.63, 3.8) is 0 Å². The van der Waals surface area contributed by atoms with E-state index in [1.807, 2.05) is 0 Å². The molecule has 0 aromatic carbocycles. The summed E-state index contributed by atoms with van der Waals surface area (Å²) in [5.74, 6) is 0.117. The third-order valence-corrected chi connectivity index (χ3v) is 2.33. The largest absolute Gasteiger partial charge is 0.359 e. The number of rotatable bonds is 4. The second-order valence-corrected chi connectivity index (χ2v) is 4.39. The van der Waals surface area contributed by atoms with Gasteiger partial charge in [0.25, 0.3) is 5.91 Å².